The second-order valence-electron chi connectivity index (χ2n) is 1.68. The topological polar surface area (TPSA) is 83.1 Å². The second-order valence-corrected chi connectivity index (χ2v) is 4.56. The van der Waals surface area contributed by atoms with E-state index in [0.717, 1.165) is 4.34 Å². The molecule has 0 saturated heterocycles. The molecule has 0 bridgehead atoms. The van der Waals surface area contributed by atoms with Crippen LogP contribution < -0.4 is 0 Å². The highest BCUT2D eigenvalue weighted by Crippen LogP contribution is 2.24. The van der Waals surface area contributed by atoms with E-state index in [1.54, 1.807) is 0 Å². The molecule has 0 aliphatic carbocycles. The van der Waals surface area contributed by atoms with Gasteiger partial charge in [0.15, 0.2) is 8.29 Å². The van der Waals surface area contributed by atoms with E-state index in [9.17, 15) is 0 Å². The second kappa shape index (κ2) is 3.29. The van der Waals surface area contributed by atoms with Gasteiger partial charge < -0.3 is 0 Å². The van der Waals surface area contributed by atoms with Crippen LogP contribution in [0.2, 0.25) is 0 Å². The van der Waals surface area contributed by atoms with E-state index in [-0.39, 0.29) is 0 Å². The molecule has 0 atom stereocenters. The molecule has 0 saturated carbocycles. The van der Waals surface area contributed by atoms with Crippen molar-refractivity contribution < 1.29 is 0 Å². The van der Waals surface area contributed by atoms with Crippen molar-refractivity contribution in [2.24, 2.45) is 0 Å². The first-order valence-electron chi connectivity index (χ1n) is 2.81. The molecule has 0 aliphatic rings. The maximum Gasteiger partial charge on any atom is 0.238 e. The summed E-state index contributed by atoms with van der Waals surface area (Å²) in [6, 6.07) is 0. The minimum atomic E-state index is 0.535. The number of tetrazole rings is 1. The van der Waals surface area contributed by atoms with Crippen molar-refractivity contribution in [2.45, 2.75) is 9.50 Å². The summed E-state index contributed by atoms with van der Waals surface area (Å²) in [6.45, 7) is 0. The lowest BCUT2D eigenvalue weighted by atomic mass is 11.4. The molecule has 2 N–H and O–H groups in total. The van der Waals surface area contributed by atoms with Crippen LogP contribution >= 0.6 is 35.3 Å². The Labute approximate surface area is 79.8 Å². The van der Waals surface area contributed by atoms with E-state index in [0.29, 0.717) is 9.11 Å². The predicted octanol–water partition coefficient (Wildman–Crippen LogP) is 0.865. The maximum atomic E-state index is 4.85. The zero-order valence-electron chi connectivity index (χ0n) is 5.51. The molecule has 0 amide bonds. The van der Waals surface area contributed by atoms with Crippen LogP contribution in [0.3, 0.4) is 0 Å². The molecular weight excluding hydrogens is 216 g/mol. The number of hydrogen-bond acceptors (Lipinski definition) is 7. The molecule has 2 aromatic rings. The molecule has 0 radical (unpaired) electrons. The first kappa shape index (κ1) is 7.83. The molecule has 0 aromatic carbocycles. The minimum Gasteiger partial charge on any atom is -0.257 e. The predicted molar refractivity (Wildman–Crippen MR) is 45.6 cm³/mol. The van der Waals surface area contributed by atoms with Crippen molar-refractivity contribution in [1.29, 1.82) is 0 Å². The first-order valence-corrected chi connectivity index (χ1v) is 4.85. The van der Waals surface area contributed by atoms with E-state index in [1.165, 1.54) is 23.1 Å². The number of rotatable bonds is 2. The van der Waals surface area contributed by atoms with Gasteiger partial charge in [-0.1, -0.05) is 11.3 Å². The smallest absolute Gasteiger partial charge is 0.238 e. The lowest BCUT2D eigenvalue weighted by molar-refractivity contribution is 0.881. The van der Waals surface area contributed by atoms with Crippen molar-refractivity contribution in [1.82, 2.24) is 30.8 Å². The fourth-order valence-electron chi connectivity index (χ4n) is 0.534. The van der Waals surface area contributed by atoms with Crippen LogP contribution in [0.1, 0.15) is 0 Å². The highest BCUT2D eigenvalue weighted by molar-refractivity contribution is 8.01. The molecular formula is C3H2N6S3. The highest BCUT2D eigenvalue weighted by Gasteiger charge is 2.04. The summed E-state index contributed by atoms with van der Waals surface area (Å²) < 4.78 is 1.42. The van der Waals surface area contributed by atoms with Crippen molar-refractivity contribution in [3.8, 4) is 0 Å². The number of nitrogens with one attached hydrogen (secondary N) is 2. The van der Waals surface area contributed by atoms with Crippen LogP contribution in [0, 0.1) is 3.95 Å². The molecule has 62 valence electrons. The van der Waals surface area contributed by atoms with Crippen LogP contribution in [-0.4, -0.2) is 30.8 Å². The van der Waals surface area contributed by atoms with Crippen molar-refractivity contribution in [2.75, 3.05) is 0 Å². The van der Waals surface area contributed by atoms with Gasteiger partial charge in [0.05, 0.1) is 0 Å². The zero-order chi connectivity index (χ0) is 8.39. The molecule has 2 aromatic heterocycles. The average molecular weight is 218 g/mol. The number of aromatic nitrogens is 6. The monoisotopic (exact) mass is 218 g/mol. The Bertz CT molecular complexity index is 400. The van der Waals surface area contributed by atoms with Crippen LogP contribution in [0.5, 0.6) is 0 Å². The van der Waals surface area contributed by atoms with Crippen LogP contribution in [0.4, 0.5) is 0 Å². The Hall–Kier alpha value is -0.800. The Morgan fingerprint density at radius 3 is 2.92 bits per heavy atom. The van der Waals surface area contributed by atoms with E-state index < -0.39 is 0 Å². The van der Waals surface area contributed by atoms with Gasteiger partial charge >= 0.3 is 0 Å². The van der Waals surface area contributed by atoms with Gasteiger partial charge in [-0.05, 0) is 29.2 Å². The van der Waals surface area contributed by atoms with Crippen LogP contribution in [0.25, 0.3) is 0 Å². The maximum absolute atomic E-state index is 4.85. The zero-order valence-corrected chi connectivity index (χ0v) is 7.96. The third-order valence-corrected chi connectivity index (χ3v) is 2.93. The van der Waals surface area contributed by atoms with E-state index in [2.05, 4.69) is 30.8 Å². The summed E-state index contributed by atoms with van der Waals surface area (Å²) in [6.07, 6.45) is 0. The van der Waals surface area contributed by atoms with Gasteiger partial charge in [-0.15, -0.1) is 10.2 Å². The number of hydrogen-bond donors (Lipinski definition) is 2. The van der Waals surface area contributed by atoms with Gasteiger partial charge in [0.25, 0.3) is 0 Å². The molecule has 2 rings (SSSR count). The lowest BCUT2D eigenvalue weighted by Gasteiger charge is -1.82. The van der Waals surface area contributed by atoms with Gasteiger partial charge in [0, 0.05) is 0 Å². The van der Waals surface area contributed by atoms with Crippen molar-refractivity contribution in [3.63, 3.8) is 0 Å². The molecule has 0 aliphatic heterocycles. The standard InChI is InChI=1S/C3H2N6S3/c10-2-6-7-3(12-2)11-1-4-8-9-5-1/h(H,6,10)(H,4,5,8,9). The molecule has 6 nitrogen and oxygen atoms in total. The number of aromatic amines is 2. The molecule has 0 spiro atoms. The molecule has 2 heterocycles. The third-order valence-electron chi connectivity index (χ3n) is 0.923. The molecule has 0 unspecified atom stereocenters. The normalized spacial score (nSPS) is 10.3. The Balaban J connectivity index is 2.19. The summed E-state index contributed by atoms with van der Waals surface area (Å²) in [7, 11) is 0. The quantitative estimate of drug-likeness (QED) is 0.728. The minimum absolute atomic E-state index is 0.535. The lowest BCUT2D eigenvalue weighted by Crippen LogP contribution is -1.75. The molecule has 12 heavy (non-hydrogen) atoms. The van der Waals surface area contributed by atoms with Gasteiger partial charge in [0.1, 0.15) is 0 Å². The Morgan fingerprint density at radius 1 is 1.42 bits per heavy atom. The van der Waals surface area contributed by atoms with Crippen molar-refractivity contribution >= 4 is 35.3 Å². The summed E-state index contributed by atoms with van der Waals surface area (Å²) >= 11 is 7.54. The van der Waals surface area contributed by atoms with E-state index in [4.69, 9.17) is 12.2 Å². The highest BCUT2D eigenvalue weighted by atomic mass is 32.2. The summed E-state index contributed by atoms with van der Waals surface area (Å²) in [4.78, 5) is 0. The number of nitrogens with zero attached hydrogens (tertiary/aromatic N) is 4. The third kappa shape index (κ3) is 1.68. The molecule has 9 heteroatoms. The Kier molecular flexibility index (Phi) is 2.15. The van der Waals surface area contributed by atoms with E-state index >= 15 is 0 Å². The van der Waals surface area contributed by atoms with Gasteiger partial charge in [-0.25, -0.2) is 0 Å². The van der Waals surface area contributed by atoms with Gasteiger partial charge in [0.2, 0.25) is 5.16 Å². The molecule has 0 fully saturated rings. The number of H-pyrrole nitrogens is 2. The average Bonchev–Trinajstić information content (AvgIpc) is 2.63. The Morgan fingerprint density at radius 2 is 2.33 bits per heavy atom. The van der Waals surface area contributed by atoms with Gasteiger partial charge in [-0.3, -0.25) is 5.10 Å². The summed E-state index contributed by atoms with van der Waals surface area (Å²) in [5, 5.41) is 20.4. The van der Waals surface area contributed by atoms with Crippen molar-refractivity contribution in [3.05, 3.63) is 3.95 Å². The first-order chi connectivity index (χ1) is 5.84. The summed E-state index contributed by atoms with van der Waals surface area (Å²) in [5.41, 5.74) is 0. The fourth-order valence-corrected chi connectivity index (χ4v) is 2.37. The van der Waals surface area contributed by atoms with Gasteiger partial charge in [-0.2, -0.15) is 10.3 Å². The SMILES string of the molecule is S=c1[nH]nc(Sc2nn[nH]n2)s1. The van der Waals surface area contributed by atoms with Crippen LogP contribution in [-0.2, 0) is 0 Å². The fraction of sp³-hybridized carbons (Fsp3) is 0. The summed E-state index contributed by atoms with van der Waals surface area (Å²) in [5.74, 6) is 0. The largest absolute Gasteiger partial charge is 0.257 e. The van der Waals surface area contributed by atoms with E-state index in [1.807, 2.05) is 0 Å². The van der Waals surface area contributed by atoms with Crippen LogP contribution in [0.15, 0.2) is 9.50 Å².